The smallest absolute Gasteiger partial charge is 0.243 e. The van der Waals surface area contributed by atoms with E-state index in [-0.39, 0.29) is 30.3 Å². The van der Waals surface area contributed by atoms with Gasteiger partial charge in [-0.05, 0) is 58.2 Å². The van der Waals surface area contributed by atoms with Crippen molar-refractivity contribution in [1.82, 2.24) is 14.9 Å². The third-order valence-electron chi connectivity index (χ3n) is 5.16. The molecule has 0 spiro atoms. The first-order valence-electron chi connectivity index (χ1n) is 9.75. The van der Waals surface area contributed by atoms with Crippen molar-refractivity contribution in [1.29, 1.82) is 0 Å². The number of hydrogen-bond donors (Lipinski definition) is 2. The molecule has 0 unspecified atom stereocenters. The highest BCUT2D eigenvalue weighted by Gasteiger charge is 2.33. The Balaban J connectivity index is 0.00000392. The van der Waals surface area contributed by atoms with E-state index in [0.717, 1.165) is 23.2 Å². The monoisotopic (exact) mass is 431 g/mol. The minimum Gasteiger partial charge on any atom is -0.354 e. The Morgan fingerprint density at radius 2 is 1.71 bits per heavy atom. The Morgan fingerprint density at radius 3 is 2.21 bits per heavy atom. The maximum atomic E-state index is 13.1. The highest BCUT2D eigenvalue weighted by Crippen LogP contribution is 2.28. The van der Waals surface area contributed by atoms with Gasteiger partial charge >= 0.3 is 0 Å². The number of aryl methyl sites for hydroxylation is 3. The van der Waals surface area contributed by atoms with Gasteiger partial charge < -0.3 is 10.6 Å². The summed E-state index contributed by atoms with van der Waals surface area (Å²) in [6.07, 6.45) is 1.12. The van der Waals surface area contributed by atoms with Crippen molar-refractivity contribution in [3.05, 3.63) is 28.8 Å². The lowest BCUT2D eigenvalue weighted by molar-refractivity contribution is -0.126. The zero-order valence-electron chi connectivity index (χ0n) is 17.5. The second kappa shape index (κ2) is 10.6. The summed E-state index contributed by atoms with van der Waals surface area (Å²) in [4.78, 5) is 12.8. The van der Waals surface area contributed by atoms with Crippen LogP contribution in [0.2, 0.25) is 0 Å². The van der Waals surface area contributed by atoms with Crippen LogP contribution in [0.25, 0.3) is 0 Å². The second-order valence-electron chi connectivity index (χ2n) is 7.61. The maximum Gasteiger partial charge on any atom is 0.243 e. The fourth-order valence-corrected chi connectivity index (χ4v) is 5.76. The van der Waals surface area contributed by atoms with E-state index in [0.29, 0.717) is 37.4 Å². The SMILES string of the molecule is CCN[C@H](C)CNC(=O)C1CCN(S(=O)(=O)c2c(C)cc(C)cc2C)CC1.Cl. The number of benzene rings is 1. The number of amides is 1. The van der Waals surface area contributed by atoms with Crippen molar-refractivity contribution in [3.8, 4) is 0 Å². The number of piperidine rings is 1. The highest BCUT2D eigenvalue weighted by molar-refractivity contribution is 7.89. The average Bonchev–Trinajstić information content (AvgIpc) is 2.59. The van der Waals surface area contributed by atoms with E-state index < -0.39 is 10.0 Å². The van der Waals surface area contributed by atoms with E-state index in [1.165, 1.54) is 4.31 Å². The van der Waals surface area contributed by atoms with Gasteiger partial charge in [0.15, 0.2) is 0 Å². The number of carbonyl (C=O) groups is 1. The van der Waals surface area contributed by atoms with Crippen molar-refractivity contribution < 1.29 is 13.2 Å². The fourth-order valence-electron chi connectivity index (χ4n) is 3.88. The van der Waals surface area contributed by atoms with Crippen LogP contribution in [0.5, 0.6) is 0 Å². The number of sulfonamides is 1. The zero-order chi connectivity index (χ0) is 20.2. The van der Waals surface area contributed by atoms with E-state index in [1.54, 1.807) is 0 Å². The molecule has 2 N–H and O–H groups in total. The normalized spacial score (nSPS) is 17.0. The Kier molecular flexibility index (Phi) is 9.40. The number of rotatable bonds is 7. The quantitative estimate of drug-likeness (QED) is 0.695. The number of hydrogen-bond acceptors (Lipinski definition) is 4. The number of carbonyl (C=O) groups excluding carboxylic acids is 1. The molecule has 1 aromatic carbocycles. The fraction of sp³-hybridized carbons (Fsp3) is 0.650. The van der Waals surface area contributed by atoms with Gasteiger partial charge in [0, 0.05) is 31.6 Å². The summed E-state index contributed by atoms with van der Waals surface area (Å²) in [5.41, 5.74) is 2.63. The molecule has 1 heterocycles. The molecule has 2 rings (SSSR count). The first-order chi connectivity index (χ1) is 12.7. The minimum absolute atomic E-state index is 0. The molecule has 160 valence electrons. The third kappa shape index (κ3) is 5.92. The molecule has 1 atom stereocenters. The van der Waals surface area contributed by atoms with E-state index in [1.807, 2.05) is 46.8 Å². The van der Waals surface area contributed by atoms with Gasteiger partial charge in [0.25, 0.3) is 0 Å². The molecule has 6 nitrogen and oxygen atoms in total. The predicted octanol–water partition coefficient (Wildman–Crippen LogP) is 2.55. The Hall–Kier alpha value is -1.15. The molecule has 0 aromatic heterocycles. The first-order valence-corrected chi connectivity index (χ1v) is 11.2. The largest absolute Gasteiger partial charge is 0.354 e. The van der Waals surface area contributed by atoms with Gasteiger partial charge in [-0.2, -0.15) is 4.31 Å². The van der Waals surface area contributed by atoms with Gasteiger partial charge in [-0.3, -0.25) is 4.79 Å². The van der Waals surface area contributed by atoms with Crippen molar-refractivity contribution in [3.63, 3.8) is 0 Å². The van der Waals surface area contributed by atoms with Crippen LogP contribution in [0.1, 0.15) is 43.4 Å². The minimum atomic E-state index is -3.53. The number of halogens is 1. The lowest BCUT2D eigenvalue weighted by Crippen LogP contribution is -2.45. The van der Waals surface area contributed by atoms with Gasteiger partial charge in [-0.1, -0.05) is 24.6 Å². The zero-order valence-corrected chi connectivity index (χ0v) is 19.2. The van der Waals surface area contributed by atoms with Crippen molar-refractivity contribution >= 4 is 28.3 Å². The van der Waals surface area contributed by atoms with Crippen LogP contribution < -0.4 is 10.6 Å². The van der Waals surface area contributed by atoms with Crippen molar-refractivity contribution in [2.45, 2.75) is 58.4 Å². The van der Waals surface area contributed by atoms with Crippen molar-refractivity contribution in [2.24, 2.45) is 5.92 Å². The van der Waals surface area contributed by atoms with Crippen LogP contribution in [0.3, 0.4) is 0 Å². The summed E-state index contributed by atoms with van der Waals surface area (Å²) in [6, 6.07) is 4.05. The summed E-state index contributed by atoms with van der Waals surface area (Å²) < 4.78 is 27.8. The molecule has 1 aromatic rings. The van der Waals surface area contributed by atoms with Gasteiger partial charge in [0.2, 0.25) is 15.9 Å². The average molecular weight is 432 g/mol. The lowest BCUT2D eigenvalue weighted by Gasteiger charge is -2.31. The molecule has 8 heteroatoms. The standard InChI is InChI=1S/C20H33N3O3S.ClH/c1-6-21-17(5)13-22-20(24)18-7-9-23(10-8-18)27(25,26)19-15(3)11-14(2)12-16(19)4;/h11-12,17-18,21H,6-10,13H2,1-5H3,(H,22,24);1H/t17-;/m1./s1. The number of nitrogens with one attached hydrogen (secondary N) is 2. The molecule has 1 aliphatic heterocycles. The van der Waals surface area contributed by atoms with Crippen LogP contribution in [-0.2, 0) is 14.8 Å². The predicted molar refractivity (Wildman–Crippen MR) is 116 cm³/mol. The first kappa shape index (κ1) is 24.9. The number of nitrogens with zero attached hydrogens (tertiary/aromatic N) is 1. The molecular weight excluding hydrogens is 398 g/mol. The van der Waals surface area contributed by atoms with Crippen LogP contribution in [0.15, 0.2) is 17.0 Å². The van der Waals surface area contributed by atoms with Gasteiger partial charge in [-0.25, -0.2) is 8.42 Å². The van der Waals surface area contributed by atoms with Crippen LogP contribution in [0.4, 0.5) is 0 Å². The molecular formula is C20H34ClN3O3S. The molecule has 0 saturated carbocycles. The van der Waals surface area contributed by atoms with E-state index in [9.17, 15) is 13.2 Å². The van der Waals surface area contributed by atoms with Gasteiger partial charge in [0.05, 0.1) is 4.90 Å². The summed E-state index contributed by atoms with van der Waals surface area (Å²) in [5.74, 6) is -0.0926. The molecule has 1 fully saturated rings. The third-order valence-corrected chi connectivity index (χ3v) is 7.37. The van der Waals surface area contributed by atoms with Crippen LogP contribution in [-0.4, -0.2) is 50.9 Å². The lowest BCUT2D eigenvalue weighted by atomic mass is 9.97. The van der Waals surface area contributed by atoms with Crippen molar-refractivity contribution in [2.75, 3.05) is 26.2 Å². The Labute approximate surface area is 175 Å². The molecule has 28 heavy (non-hydrogen) atoms. The van der Waals surface area contributed by atoms with E-state index >= 15 is 0 Å². The molecule has 0 aliphatic carbocycles. The van der Waals surface area contributed by atoms with E-state index in [2.05, 4.69) is 10.6 Å². The Morgan fingerprint density at radius 1 is 1.18 bits per heavy atom. The summed E-state index contributed by atoms with van der Waals surface area (Å²) in [7, 11) is -3.53. The summed E-state index contributed by atoms with van der Waals surface area (Å²) in [6.45, 7) is 12.0. The molecule has 0 bridgehead atoms. The topological polar surface area (TPSA) is 78.5 Å². The summed E-state index contributed by atoms with van der Waals surface area (Å²) >= 11 is 0. The Bertz CT molecular complexity index is 752. The van der Waals surface area contributed by atoms with Gasteiger partial charge in [0.1, 0.15) is 0 Å². The second-order valence-corrected chi connectivity index (χ2v) is 9.48. The molecule has 1 aliphatic rings. The molecule has 1 amide bonds. The molecule has 1 saturated heterocycles. The molecule has 0 radical (unpaired) electrons. The summed E-state index contributed by atoms with van der Waals surface area (Å²) in [5, 5.41) is 6.24. The van der Waals surface area contributed by atoms with Gasteiger partial charge in [-0.15, -0.1) is 12.4 Å². The van der Waals surface area contributed by atoms with E-state index in [4.69, 9.17) is 0 Å². The maximum absolute atomic E-state index is 13.1. The highest BCUT2D eigenvalue weighted by atomic mass is 35.5. The number of likely N-dealkylation sites (N-methyl/N-ethyl adjacent to an activating group) is 1. The van der Waals surface area contributed by atoms with Crippen LogP contribution >= 0.6 is 12.4 Å². The van der Waals surface area contributed by atoms with Crippen LogP contribution in [0, 0.1) is 26.7 Å².